The Labute approximate surface area is 161 Å². The Morgan fingerprint density at radius 3 is 2.36 bits per heavy atom. The Morgan fingerprint density at radius 1 is 1.21 bits per heavy atom. The van der Waals surface area contributed by atoms with Crippen LogP contribution in [0.2, 0.25) is 5.02 Å². The number of nitro benzene ring substituents is 1. The van der Waals surface area contributed by atoms with Gasteiger partial charge in [-0.2, -0.15) is 4.39 Å². The summed E-state index contributed by atoms with van der Waals surface area (Å²) in [4.78, 5) is 22.1. The summed E-state index contributed by atoms with van der Waals surface area (Å²) in [5, 5.41) is 10.2. The Hall–Kier alpha value is -2.86. The van der Waals surface area contributed by atoms with Gasteiger partial charge in [-0.15, -0.1) is 0 Å². The molecule has 13 heteroatoms. The summed E-state index contributed by atoms with van der Waals surface area (Å²) >= 11 is 5.62. The molecule has 2 aromatic carbocycles. The second-order valence-electron chi connectivity index (χ2n) is 5.45. The van der Waals surface area contributed by atoms with E-state index in [0.29, 0.717) is 12.3 Å². The van der Waals surface area contributed by atoms with E-state index < -0.39 is 71.6 Å². The third-order valence-corrected chi connectivity index (χ3v) is 4.24. The molecule has 0 aliphatic carbocycles. The highest BCUT2D eigenvalue weighted by Gasteiger charge is 2.26. The fourth-order valence-corrected chi connectivity index (χ4v) is 2.78. The van der Waals surface area contributed by atoms with Crippen molar-refractivity contribution in [1.29, 1.82) is 0 Å². The fourth-order valence-electron chi connectivity index (χ4n) is 2.07. The lowest BCUT2D eigenvalue weighted by atomic mass is 10.1. The van der Waals surface area contributed by atoms with E-state index in [1.165, 1.54) is 4.72 Å². The van der Waals surface area contributed by atoms with E-state index >= 15 is 0 Å². The van der Waals surface area contributed by atoms with Crippen molar-refractivity contribution < 1.29 is 36.0 Å². The Balaban J connectivity index is 2.57. The molecule has 150 valence electrons. The predicted octanol–water partition coefficient (Wildman–Crippen LogP) is 3.46. The second kappa shape index (κ2) is 7.64. The highest BCUT2D eigenvalue weighted by atomic mass is 35.5. The number of nitrogens with zero attached hydrogens (tertiary/aromatic N) is 1. The molecule has 0 fully saturated rings. The van der Waals surface area contributed by atoms with Gasteiger partial charge in [0.1, 0.15) is 16.3 Å². The molecule has 8 nitrogen and oxygen atoms in total. The van der Waals surface area contributed by atoms with Crippen LogP contribution in [0.1, 0.15) is 15.9 Å². The molecular formula is C15H10ClF3N2O6S. The van der Waals surface area contributed by atoms with Crippen molar-refractivity contribution in [3.63, 3.8) is 0 Å². The molecule has 2 rings (SSSR count). The average molecular weight is 439 g/mol. The van der Waals surface area contributed by atoms with Crippen molar-refractivity contribution in [3.05, 3.63) is 61.9 Å². The number of nitrogens with one attached hydrogen (secondary N) is 1. The maximum atomic E-state index is 14.1. The highest BCUT2D eigenvalue weighted by molar-refractivity contribution is 7.89. The zero-order chi connectivity index (χ0) is 21.4. The third kappa shape index (κ3) is 4.34. The second-order valence-corrected chi connectivity index (χ2v) is 7.58. The number of halogens is 4. The number of amides is 1. The van der Waals surface area contributed by atoms with Gasteiger partial charge in [0.05, 0.1) is 11.2 Å². The largest absolute Gasteiger partial charge is 0.452 e. The summed E-state index contributed by atoms with van der Waals surface area (Å²) in [5.74, 6) is -7.35. The first-order valence-electron chi connectivity index (χ1n) is 7.14. The lowest BCUT2D eigenvalue weighted by Gasteiger charge is -2.13. The molecule has 1 N–H and O–H groups in total. The molecule has 0 radical (unpaired) electrons. The Bertz CT molecular complexity index is 1080. The maximum absolute atomic E-state index is 14.1. The quantitative estimate of drug-likeness (QED) is 0.434. The first-order chi connectivity index (χ1) is 12.8. The number of carbonyl (C=O) groups excluding carboxylic acids is 1. The van der Waals surface area contributed by atoms with Crippen molar-refractivity contribution in [2.75, 3.05) is 6.26 Å². The molecule has 1 amide bonds. The smallest absolute Gasteiger partial charge is 0.282 e. The molecule has 0 aromatic heterocycles. The molecule has 0 spiro atoms. The SMILES string of the molecule is Cc1c(F)c(F)c(Oc2ccc([N+](=O)[O-])c(C(=O)NS(C)(=O)=O)c2)c(Cl)c1F. The van der Waals surface area contributed by atoms with Crippen LogP contribution < -0.4 is 9.46 Å². The van der Waals surface area contributed by atoms with Gasteiger partial charge in [-0.25, -0.2) is 21.9 Å². The van der Waals surface area contributed by atoms with Gasteiger partial charge in [-0.1, -0.05) is 11.6 Å². The van der Waals surface area contributed by atoms with Gasteiger partial charge in [0.15, 0.2) is 17.4 Å². The van der Waals surface area contributed by atoms with Gasteiger partial charge < -0.3 is 4.74 Å². The standard InChI is InChI=1S/C15H10ClF3N2O6S/c1-6-11(17)10(16)14(13(19)12(6)18)27-7-3-4-9(21(23)24)8(5-7)15(22)20-28(2,25)26/h3-5H,1-2H3,(H,20,22). The van der Waals surface area contributed by atoms with E-state index in [-0.39, 0.29) is 0 Å². The molecule has 0 bridgehead atoms. The van der Waals surface area contributed by atoms with E-state index in [1.807, 2.05) is 0 Å². The molecule has 0 unspecified atom stereocenters. The van der Waals surface area contributed by atoms with Gasteiger partial charge in [0.25, 0.3) is 11.6 Å². The monoisotopic (exact) mass is 438 g/mol. The minimum absolute atomic E-state index is 0.465. The van der Waals surface area contributed by atoms with Gasteiger partial charge in [-0.3, -0.25) is 14.9 Å². The summed E-state index contributed by atoms with van der Waals surface area (Å²) in [6.07, 6.45) is 0.643. The number of nitro groups is 1. The van der Waals surface area contributed by atoms with Crippen LogP contribution >= 0.6 is 11.6 Å². The van der Waals surface area contributed by atoms with Crippen LogP contribution in [0.3, 0.4) is 0 Å². The lowest BCUT2D eigenvalue weighted by molar-refractivity contribution is -0.385. The van der Waals surface area contributed by atoms with E-state index in [9.17, 15) is 36.5 Å². The molecule has 0 aliphatic heterocycles. The van der Waals surface area contributed by atoms with E-state index in [0.717, 1.165) is 19.1 Å². The number of carbonyl (C=O) groups is 1. The summed E-state index contributed by atoms with van der Waals surface area (Å²) in [5.41, 5.74) is -2.23. The predicted molar refractivity (Wildman–Crippen MR) is 91.5 cm³/mol. The number of ether oxygens (including phenoxy) is 1. The molecule has 0 aliphatic rings. The van der Waals surface area contributed by atoms with Crippen molar-refractivity contribution in [2.24, 2.45) is 0 Å². The molecule has 0 atom stereocenters. The zero-order valence-corrected chi connectivity index (χ0v) is 15.6. The number of hydrogen-bond acceptors (Lipinski definition) is 6. The first kappa shape index (κ1) is 21.4. The number of sulfonamides is 1. The van der Waals surface area contributed by atoms with Gasteiger partial charge in [0, 0.05) is 17.7 Å². The van der Waals surface area contributed by atoms with Gasteiger partial charge in [0.2, 0.25) is 15.8 Å². The minimum Gasteiger partial charge on any atom is -0.452 e. The van der Waals surface area contributed by atoms with Crippen LogP contribution in [0, 0.1) is 34.5 Å². The van der Waals surface area contributed by atoms with Crippen LogP contribution in [0.15, 0.2) is 18.2 Å². The van der Waals surface area contributed by atoms with Crippen molar-refractivity contribution in [1.82, 2.24) is 4.72 Å². The van der Waals surface area contributed by atoms with Crippen LogP contribution in [0.4, 0.5) is 18.9 Å². The van der Waals surface area contributed by atoms with Gasteiger partial charge >= 0.3 is 0 Å². The van der Waals surface area contributed by atoms with Crippen molar-refractivity contribution >= 4 is 33.2 Å². The first-order valence-corrected chi connectivity index (χ1v) is 9.41. The third-order valence-electron chi connectivity index (χ3n) is 3.35. The van der Waals surface area contributed by atoms with E-state index in [4.69, 9.17) is 16.3 Å². The molecule has 0 saturated heterocycles. The fraction of sp³-hybridized carbons (Fsp3) is 0.133. The average Bonchev–Trinajstić information content (AvgIpc) is 2.60. The molecular weight excluding hydrogens is 429 g/mol. The molecule has 28 heavy (non-hydrogen) atoms. The summed E-state index contributed by atoms with van der Waals surface area (Å²) < 4.78 is 70.5. The number of benzene rings is 2. The summed E-state index contributed by atoms with van der Waals surface area (Å²) in [6.45, 7) is 0.947. The maximum Gasteiger partial charge on any atom is 0.282 e. The topological polar surface area (TPSA) is 116 Å². The Morgan fingerprint density at radius 2 is 1.82 bits per heavy atom. The van der Waals surface area contributed by atoms with Crippen LogP contribution in [-0.2, 0) is 10.0 Å². The molecule has 0 heterocycles. The van der Waals surface area contributed by atoms with E-state index in [1.54, 1.807) is 0 Å². The van der Waals surface area contributed by atoms with E-state index in [2.05, 4.69) is 0 Å². The Kier molecular flexibility index (Phi) is 5.85. The highest BCUT2D eigenvalue weighted by Crippen LogP contribution is 2.38. The molecule has 0 saturated carbocycles. The number of hydrogen-bond donors (Lipinski definition) is 1. The van der Waals surface area contributed by atoms with Crippen molar-refractivity contribution in [3.8, 4) is 11.5 Å². The van der Waals surface area contributed by atoms with Crippen LogP contribution in [0.25, 0.3) is 0 Å². The van der Waals surface area contributed by atoms with Crippen LogP contribution in [0.5, 0.6) is 11.5 Å². The normalized spacial score (nSPS) is 11.2. The van der Waals surface area contributed by atoms with Crippen molar-refractivity contribution in [2.45, 2.75) is 6.92 Å². The van der Waals surface area contributed by atoms with Crippen LogP contribution in [-0.4, -0.2) is 25.5 Å². The minimum atomic E-state index is -4.06. The molecule has 2 aromatic rings. The van der Waals surface area contributed by atoms with Gasteiger partial charge in [-0.05, 0) is 13.0 Å². The zero-order valence-electron chi connectivity index (χ0n) is 14.0. The summed E-state index contributed by atoms with van der Waals surface area (Å²) in [7, 11) is -4.06. The number of rotatable bonds is 5. The summed E-state index contributed by atoms with van der Waals surface area (Å²) in [6, 6.07) is 2.37. The lowest BCUT2D eigenvalue weighted by Crippen LogP contribution is -2.29.